The first-order chi connectivity index (χ1) is 8.97. The summed E-state index contributed by atoms with van der Waals surface area (Å²) >= 11 is 0. The van der Waals surface area contributed by atoms with Crippen LogP contribution in [0.25, 0.3) is 0 Å². The van der Waals surface area contributed by atoms with Crippen molar-refractivity contribution in [2.24, 2.45) is 0 Å². The molecule has 0 saturated carbocycles. The van der Waals surface area contributed by atoms with E-state index in [4.69, 9.17) is 5.11 Å². The fourth-order valence-electron chi connectivity index (χ4n) is 1.92. The molecule has 0 heterocycles. The largest absolute Gasteiger partial charge is 0.477 e. The third-order valence-electron chi connectivity index (χ3n) is 2.87. The molecule has 0 aliphatic carbocycles. The van der Waals surface area contributed by atoms with Crippen LogP contribution in [0.4, 0.5) is 5.69 Å². The van der Waals surface area contributed by atoms with Crippen molar-refractivity contribution >= 4 is 11.7 Å². The number of nitro benzene ring substituents is 1. The summed E-state index contributed by atoms with van der Waals surface area (Å²) in [5.74, 6) is -1.26. The molecule has 6 nitrogen and oxygen atoms in total. The van der Waals surface area contributed by atoms with E-state index < -0.39 is 10.9 Å². The first-order valence-electron chi connectivity index (χ1n) is 6.15. The molecule has 1 rings (SSSR count). The first kappa shape index (κ1) is 15.1. The number of hydrogen-bond acceptors (Lipinski definition) is 4. The van der Waals surface area contributed by atoms with E-state index >= 15 is 0 Å². The standard InChI is InChI=1S/C13H18N2O4/c1-3-4-8-14(2)9-10-6-5-7-11(15(18)19)12(10)13(16)17/h5-7H,3-4,8-9H2,1-2H3,(H,16,17). The minimum Gasteiger partial charge on any atom is -0.477 e. The maximum atomic E-state index is 11.2. The molecule has 6 heteroatoms. The van der Waals surface area contributed by atoms with Crippen molar-refractivity contribution in [3.63, 3.8) is 0 Å². The van der Waals surface area contributed by atoms with E-state index in [-0.39, 0.29) is 11.3 Å². The van der Waals surface area contributed by atoms with Crippen molar-refractivity contribution in [3.8, 4) is 0 Å². The molecule has 1 aromatic carbocycles. The maximum absolute atomic E-state index is 11.2. The zero-order valence-electron chi connectivity index (χ0n) is 11.1. The van der Waals surface area contributed by atoms with Gasteiger partial charge in [-0.3, -0.25) is 10.1 Å². The van der Waals surface area contributed by atoms with Crippen LogP contribution in [0.3, 0.4) is 0 Å². The Hall–Kier alpha value is -1.95. The van der Waals surface area contributed by atoms with Crippen LogP contribution in [0.2, 0.25) is 0 Å². The second-order valence-electron chi connectivity index (χ2n) is 4.46. The summed E-state index contributed by atoms with van der Waals surface area (Å²) in [4.78, 5) is 23.4. The number of carbonyl (C=O) groups is 1. The average molecular weight is 266 g/mol. The van der Waals surface area contributed by atoms with Crippen molar-refractivity contribution in [2.75, 3.05) is 13.6 Å². The smallest absolute Gasteiger partial charge is 0.343 e. The molecule has 0 fully saturated rings. The highest BCUT2D eigenvalue weighted by Crippen LogP contribution is 2.23. The molecule has 0 amide bonds. The molecule has 0 bridgehead atoms. The Morgan fingerprint density at radius 3 is 2.68 bits per heavy atom. The molecule has 104 valence electrons. The summed E-state index contributed by atoms with van der Waals surface area (Å²) in [6.45, 7) is 3.30. The predicted octanol–water partition coefficient (Wildman–Crippen LogP) is 2.52. The minimum absolute atomic E-state index is 0.212. The van der Waals surface area contributed by atoms with E-state index in [1.54, 1.807) is 6.07 Å². The molecule has 19 heavy (non-hydrogen) atoms. The second kappa shape index (κ2) is 6.84. The Bertz CT molecular complexity index is 474. The third kappa shape index (κ3) is 4.03. The highest BCUT2D eigenvalue weighted by Gasteiger charge is 2.23. The molecule has 1 N–H and O–H groups in total. The van der Waals surface area contributed by atoms with Gasteiger partial charge in [0.1, 0.15) is 5.56 Å². The highest BCUT2D eigenvalue weighted by atomic mass is 16.6. The van der Waals surface area contributed by atoms with Crippen molar-refractivity contribution in [3.05, 3.63) is 39.4 Å². The molecular formula is C13H18N2O4. The molecule has 0 aromatic heterocycles. The fourth-order valence-corrected chi connectivity index (χ4v) is 1.92. The van der Waals surface area contributed by atoms with Crippen molar-refractivity contribution in [1.82, 2.24) is 4.90 Å². The van der Waals surface area contributed by atoms with Crippen LogP contribution in [0.1, 0.15) is 35.7 Å². The quantitative estimate of drug-likeness (QED) is 0.605. The van der Waals surface area contributed by atoms with Crippen LogP contribution in [-0.2, 0) is 6.54 Å². The van der Waals surface area contributed by atoms with E-state index in [9.17, 15) is 14.9 Å². The summed E-state index contributed by atoms with van der Waals surface area (Å²) in [7, 11) is 1.88. The Kier molecular flexibility index (Phi) is 5.44. The summed E-state index contributed by atoms with van der Waals surface area (Å²) < 4.78 is 0. The second-order valence-corrected chi connectivity index (χ2v) is 4.46. The van der Waals surface area contributed by atoms with Gasteiger partial charge in [-0.15, -0.1) is 0 Å². The van der Waals surface area contributed by atoms with Gasteiger partial charge in [-0.05, 0) is 25.6 Å². The molecular weight excluding hydrogens is 248 g/mol. The van der Waals surface area contributed by atoms with Crippen LogP contribution < -0.4 is 0 Å². The molecule has 0 spiro atoms. The van der Waals surface area contributed by atoms with E-state index in [0.717, 1.165) is 19.4 Å². The van der Waals surface area contributed by atoms with E-state index in [1.165, 1.54) is 12.1 Å². The number of hydrogen-bond donors (Lipinski definition) is 1. The van der Waals surface area contributed by atoms with Gasteiger partial charge in [-0.1, -0.05) is 25.5 Å². The Morgan fingerprint density at radius 1 is 1.47 bits per heavy atom. The number of benzene rings is 1. The van der Waals surface area contributed by atoms with Crippen LogP contribution in [0, 0.1) is 10.1 Å². The van der Waals surface area contributed by atoms with Crippen LogP contribution in [0.15, 0.2) is 18.2 Å². The lowest BCUT2D eigenvalue weighted by molar-refractivity contribution is -0.385. The zero-order valence-corrected chi connectivity index (χ0v) is 11.1. The number of aromatic carboxylic acids is 1. The number of carboxylic acid groups (broad SMARTS) is 1. The van der Waals surface area contributed by atoms with Gasteiger partial charge in [0, 0.05) is 12.6 Å². The number of rotatable bonds is 7. The van der Waals surface area contributed by atoms with Crippen molar-refractivity contribution in [2.45, 2.75) is 26.3 Å². The fraction of sp³-hybridized carbons (Fsp3) is 0.462. The van der Waals surface area contributed by atoms with Gasteiger partial charge in [0.15, 0.2) is 0 Å². The highest BCUT2D eigenvalue weighted by molar-refractivity contribution is 5.94. The average Bonchev–Trinajstić information content (AvgIpc) is 2.35. The molecule has 1 aromatic rings. The molecule has 0 aliphatic rings. The van der Waals surface area contributed by atoms with Crippen molar-refractivity contribution in [1.29, 1.82) is 0 Å². The van der Waals surface area contributed by atoms with Crippen molar-refractivity contribution < 1.29 is 14.8 Å². The Balaban J connectivity index is 3.03. The van der Waals surface area contributed by atoms with Crippen LogP contribution in [-0.4, -0.2) is 34.5 Å². The van der Waals surface area contributed by atoms with Gasteiger partial charge in [0.25, 0.3) is 5.69 Å². The van der Waals surface area contributed by atoms with E-state index in [1.807, 2.05) is 11.9 Å². The summed E-state index contributed by atoms with van der Waals surface area (Å²) in [6.07, 6.45) is 2.05. The van der Waals surface area contributed by atoms with Crippen LogP contribution >= 0.6 is 0 Å². The van der Waals surface area contributed by atoms with E-state index in [0.29, 0.717) is 12.1 Å². The first-order valence-corrected chi connectivity index (χ1v) is 6.15. The molecule has 0 radical (unpaired) electrons. The monoisotopic (exact) mass is 266 g/mol. The number of nitrogens with zero attached hydrogens (tertiary/aromatic N) is 2. The summed E-state index contributed by atoms with van der Waals surface area (Å²) in [6, 6.07) is 4.37. The van der Waals surface area contributed by atoms with Gasteiger partial charge < -0.3 is 10.0 Å². The van der Waals surface area contributed by atoms with Gasteiger partial charge in [0.05, 0.1) is 4.92 Å². The van der Waals surface area contributed by atoms with Gasteiger partial charge in [-0.2, -0.15) is 0 Å². The Labute approximate surface area is 111 Å². The SMILES string of the molecule is CCCCN(C)Cc1cccc([N+](=O)[O-])c1C(=O)O. The van der Waals surface area contributed by atoms with Crippen LogP contribution in [0.5, 0.6) is 0 Å². The lowest BCUT2D eigenvalue weighted by atomic mass is 10.0. The molecule has 0 saturated heterocycles. The topological polar surface area (TPSA) is 83.7 Å². The summed E-state index contributed by atoms with van der Waals surface area (Å²) in [5.41, 5.74) is -0.0926. The molecule has 0 unspecified atom stereocenters. The number of nitro groups is 1. The number of carboxylic acids is 1. The normalized spacial score (nSPS) is 10.7. The molecule has 0 aliphatic heterocycles. The van der Waals surface area contributed by atoms with Gasteiger partial charge in [-0.25, -0.2) is 4.79 Å². The maximum Gasteiger partial charge on any atom is 0.343 e. The minimum atomic E-state index is -1.26. The lowest BCUT2D eigenvalue weighted by Gasteiger charge is -2.17. The zero-order chi connectivity index (χ0) is 14.4. The third-order valence-corrected chi connectivity index (χ3v) is 2.87. The lowest BCUT2D eigenvalue weighted by Crippen LogP contribution is -2.21. The summed E-state index contributed by atoms with van der Waals surface area (Å²) in [5, 5.41) is 20.0. The predicted molar refractivity (Wildman–Crippen MR) is 71.3 cm³/mol. The van der Waals surface area contributed by atoms with E-state index in [2.05, 4.69) is 6.92 Å². The van der Waals surface area contributed by atoms with Gasteiger partial charge >= 0.3 is 5.97 Å². The Morgan fingerprint density at radius 2 is 2.16 bits per heavy atom. The molecule has 0 atom stereocenters. The van der Waals surface area contributed by atoms with Gasteiger partial charge in [0.2, 0.25) is 0 Å². The number of unbranched alkanes of at least 4 members (excludes halogenated alkanes) is 1.